The Hall–Kier alpha value is -1.03. The minimum atomic E-state index is 0.546. The Bertz CT molecular complexity index is 494. The van der Waals surface area contributed by atoms with Gasteiger partial charge in [0.15, 0.2) is 0 Å². The smallest absolute Gasteiger partial charge is 0.0710 e. The first-order valence-electron chi connectivity index (χ1n) is 4.85. The summed E-state index contributed by atoms with van der Waals surface area (Å²) in [5, 5.41) is 11.1. The molecule has 0 saturated heterocycles. The van der Waals surface area contributed by atoms with Crippen molar-refractivity contribution in [1.29, 1.82) is 0 Å². The molecule has 5 heteroatoms. The third-order valence-corrected chi connectivity index (χ3v) is 3.12. The van der Waals surface area contributed by atoms with Crippen LogP contribution in [0, 0.1) is 0 Å². The number of benzene rings is 1. The van der Waals surface area contributed by atoms with E-state index < -0.39 is 0 Å². The molecule has 0 aliphatic rings. The van der Waals surface area contributed by atoms with Crippen LogP contribution in [0.4, 0.5) is 0 Å². The van der Waals surface area contributed by atoms with E-state index in [-0.39, 0.29) is 0 Å². The van der Waals surface area contributed by atoms with Crippen molar-refractivity contribution in [2.75, 3.05) is 7.05 Å². The van der Waals surface area contributed by atoms with Crippen LogP contribution in [0.25, 0.3) is 11.3 Å². The first-order valence-corrected chi connectivity index (χ1v) is 5.61. The maximum absolute atomic E-state index is 6.16. The number of aromatic amines is 1. The van der Waals surface area contributed by atoms with Gasteiger partial charge in [-0.1, -0.05) is 35.3 Å². The molecular weight excluding hydrogens is 245 g/mol. The first kappa shape index (κ1) is 11.5. The highest BCUT2D eigenvalue weighted by Crippen LogP contribution is 2.33. The van der Waals surface area contributed by atoms with Crippen LogP contribution in [0.3, 0.4) is 0 Å². The normalized spacial score (nSPS) is 10.7. The van der Waals surface area contributed by atoms with Crippen LogP contribution < -0.4 is 5.32 Å². The second-order valence-corrected chi connectivity index (χ2v) is 4.19. The zero-order valence-electron chi connectivity index (χ0n) is 8.72. The summed E-state index contributed by atoms with van der Waals surface area (Å²) in [7, 11) is 1.89. The number of hydrogen-bond donors (Lipinski definition) is 2. The van der Waals surface area contributed by atoms with E-state index in [2.05, 4.69) is 15.5 Å². The van der Waals surface area contributed by atoms with Gasteiger partial charge in [-0.3, -0.25) is 5.10 Å². The van der Waals surface area contributed by atoms with E-state index in [9.17, 15) is 0 Å². The van der Waals surface area contributed by atoms with Crippen LogP contribution in [0.15, 0.2) is 24.4 Å². The third-order valence-electron chi connectivity index (χ3n) is 2.31. The fourth-order valence-corrected chi connectivity index (χ4v) is 1.96. The molecule has 0 radical (unpaired) electrons. The maximum Gasteiger partial charge on any atom is 0.0710 e. The summed E-state index contributed by atoms with van der Waals surface area (Å²) in [6, 6.07) is 5.55. The molecule has 0 aliphatic carbocycles. The molecule has 0 unspecified atom stereocenters. The lowest BCUT2D eigenvalue weighted by Gasteiger charge is -2.06. The Morgan fingerprint density at radius 2 is 2.19 bits per heavy atom. The van der Waals surface area contributed by atoms with Gasteiger partial charge in [-0.2, -0.15) is 5.10 Å². The van der Waals surface area contributed by atoms with Gasteiger partial charge in [0.2, 0.25) is 0 Å². The molecule has 2 rings (SSSR count). The molecule has 0 atom stereocenters. The molecule has 2 aromatic rings. The Labute approximate surface area is 104 Å². The number of H-pyrrole nitrogens is 1. The molecule has 84 valence electrons. The fraction of sp³-hybridized carbons (Fsp3) is 0.182. The summed E-state index contributed by atoms with van der Waals surface area (Å²) >= 11 is 12.1. The summed E-state index contributed by atoms with van der Waals surface area (Å²) in [5.41, 5.74) is 2.84. The average molecular weight is 256 g/mol. The van der Waals surface area contributed by atoms with Crippen molar-refractivity contribution in [1.82, 2.24) is 15.5 Å². The number of aromatic nitrogens is 2. The minimum absolute atomic E-state index is 0.546. The van der Waals surface area contributed by atoms with E-state index in [0.29, 0.717) is 10.0 Å². The summed E-state index contributed by atoms with van der Waals surface area (Å²) in [6.45, 7) is 0.731. The van der Waals surface area contributed by atoms with Gasteiger partial charge in [0, 0.05) is 17.7 Å². The highest BCUT2D eigenvalue weighted by Gasteiger charge is 2.12. The molecule has 3 nitrogen and oxygen atoms in total. The molecule has 1 aromatic heterocycles. The molecule has 0 bridgehead atoms. The molecule has 0 amide bonds. The first-order chi connectivity index (χ1) is 7.74. The lowest BCUT2D eigenvalue weighted by Crippen LogP contribution is -2.05. The molecular formula is C11H11Cl2N3. The Morgan fingerprint density at radius 1 is 1.38 bits per heavy atom. The lowest BCUT2D eigenvalue weighted by molar-refractivity contribution is 0.820. The number of nitrogens with zero attached hydrogens (tertiary/aromatic N) is 1. The molecule has 1 aromatic carbocycles. The van der Waals surface area contributed by atoms with Gasteiger partial charge in [0.25, 0.3) is 0 Å². The highest BCUT2D eigenvalue weighted by molar-refractivity contribution is 6.43. The number of rotatable bonds is 3. The summed E-state index contributed by atoms with van der Waals surface area (Å²) in [5.74, 6) is 0. The maximum atomic E-state index is 6.16. The van der Waals surface area contributed by atoms with Gasteiger partial charge in [-0.05, 0) is 13.1 Å². The number of hydrogen-bond acceptors (Lipinski definition) is 2. The van der Waals surface area contributed by atoms with Crippen molar-refractivity contribution < 1.29 is 0 Å². The highest BCUT2D eigenvalue weighted by atomic mass is 35.5. The molecule has 0 aliphatic heterocycles. The van der Waals surface area contributed by atoms with E-state index in [1.165, 1.54) is 0 Å². The molecule has 0 saturated carbocycles. The predicted molar refractivity (Wildman–Crippen MR) is 66.8 cm³/mol. The van der Waals surface area contributed by atoms with Gasteiger partial charge in [0.05, 0.1) is 21.9 Å². The second-order valence-electron chi connectivity index (χ2n) is 3.40. The van der Waals surface area contributed by atoms with Crippen molar-refractivity contribution >= 4 is 23.2 Å². The van der Waals surface area contributed by atoms with E-state index in [1.54, 1.807) is 12.3 Å². The van der Waals surface area contributed by atoms with Crippen LogP contribution >= 0.6 is 23.2 Å². The van der Waals surface area contributed by atoms with Gasteiger partial charge >= 0.3 is 0 Å². The van der Waals surface area contributed by atoms with Crippen LogP contribution in [0.2, 0.25) is 10.0 Å². The van der Waals surface area contributed by atoms with Crippen molar-refractivity contribution in [2.24, 2.45) is 0 Å². The number of halogens is 2. The zero-order valence-corrected chi connectivity index (χ0v) is 10.2. The van der Waals surface area contributed by atoms with Crippen molar-refractivity contribution in [3.8, 4) is 11.3 Å². The van der Waals surface area contributed by atoms with E-state index >= 15 is 0 Å². The van der Waals surface area contributed by atoms with Gasteiger partial charge < -0.3 is 5.32 Å². The second kappa shape index (κ2) is 4.87. The number of nitrogens with one attached hydrogen (secondary N) is 2. The largest absolute Gasteiger partial charge is 0.316 e. The molecule has 0 spiro atoms. The van der Waals surface area contributed by atoms with Crippen molar-refractivity contribution in [2.45, 2.75) is 6.54 Å². The quantitative estimate of drug-likeness (QED) is 0.885. The summed E-state index contributed by atoms with van der Waals surface area (Å²) in [6.07, 6.45) is 1.78. The summed E-state index contributed by atoms with van der Waals surface area (Å²) in [4.78, 5) is 0. The van der Waals surface area contributed by atoms with Crippen molar-refractivity contribution in [3.05, 3.63) is 40.0 Å². The average Bonchev–Trinajstić information content (AvgIpc) is 2.71. The monoisotopic (exact) mass is 255 g/mol. The lowest BCUT2D eigenvalue weighted by atomic mass is 10.1. The van der Waals surface area contributed by atoms with E-state index in [1.807, 2.05) is 19.2 Å². The molecule has 1 heterocycles. The fourth-order valence-electron chi connectivity index (χ4n) is 1.57. The molecule has 0 fully saturated rings. The van der Waals surface area contributed by atoms with E-state index in [4.69, 9.17) is 23.2 Å². The topological polar surface area (TPSA) is 40.7 Å². The van der Waals surface area contributed by atoms with Gasteiger partial charge in [-0.15, -0.1) is 0 Å². The molecule has 2 N–H and O–H groups in total. The van der Waals surface area contributed by atoms with Crippen LogP contribution in [-0.2, 0) is 6.54 Å². The van der Waals surface area contributed by atoms with E-state index in [0.717, 1.165) is 23.4 Å². The Kier molecular flexibility index (Phi) is 3.49. The molecule has 16 heavy (non-hydrogen) atoms. The SMILES string of the molecule is CNCc1cn[nH]c1-c1cccc(Cl)c1Cl. The van der Waals surface area contributed by atoms with Crippen LogP contribution in [0.5, 0.6) is 0 Å². The summed E-state index contributed by atoms with van der Waals surface area (Å²) < 4.78 is 0. The third kappa shape index (κ3) is 2.07. The predicted octanol–water partition coefficient (Wildman–Crippen LogP) is 3.10. The standard InChI is InChI=1S/C11H11Cl2N3/c1-14-5-7-6-15-16-11(7)8-3-2-4-9(12)10(8)13/h2-4,6,14H,5H2,1H3,(H,15,16). The van der Waals surface area contributed by atoms with Crippen LogP contribution in [0.1, 0.15) is 5.56 Å². The Balaban J connectivity index is 2.50. The zero-order chi connectivity index (χ0) is 11.5. The Morgan fingerprint density at radius 3 is 2.94 bits per heavy atom. The van der Waals surface area contributed by atoms with Gasteiger partial charge in [-0.25, -0.2) is 0 Å². The van der Waals surface area contributed by atoms with Gasteiger partial charge in [0.1, 0.15) is 0 Å². The van der Waals surface area contributed by atoms with Crippen LogP contribution in [-0.4, -0.2) is 17.2 Å². The van der Waals surface area contributed by atoms with Crippen molar-refractivity contribution in [3.63, 3.8) is 0 Å². The minimum Gasteiger partial charge on any atom is -0.316 e.